The Hall–Kier alpha value is -3.75. The van der Waals surface area contributed by atoms with Gasteiger partial charge in [0.05, 0.1) is 19.9 Å². The first-order chi connectivity index (χ1) is 13.5. The van der Waals surface area contributed by atoms with Crippen molar-refractivity contribution in [3.05, 3.63) is 53.7 Å². The van der Waals surface area contributed by atoms with Crippen molar-refractivity contribution in [2.75, 3.05) is 13.7 Å². The standard InChI is InChI=1S/C19H18N2O7/c1-11-14-8-12(25-2)5-6-15(14)28-17(11)18(23)27-10-16(22)21-19(24)20-9-13-4-3-7-26-13/h3-8H,9-10H2,1-2H3,(H2,20,21,22,24). The van der Waals surface area contributed by atoms with Crippen molar-refractivity contribution in [2.24, 2.45) is 0 Å². The van der Waals surface area contributed by atoms with Crippen molar-refractivity contribution in [3.8, 4) is 5.75 Å². The molecule has 0 fully saturated rings. The molecule has 0 unspecified atom stereocenters. The second kappa shape index (κ2) is 8.30. The van der Waals surface area contributed by atoms with Crippen molar-refractivity contribution < 1.29 is 32.7 Å². The third kappa shape index (κ3) is 4.32. The number of carbonyl (C=O) groups is 3. The molecule has 2 N–H and O–H groups in total. The molecule has 3 amide bonds. The molecule has 0 bridgehead atoms. The number of nitrogens with one attached hydrogen (secondary N) is 2. The van der Waals surface area contributed by atoms with E-state index in [1.807, 2.05) is 0 Å². The average Bonchev–Trinajstić information content (AvgIpc) is 3.32. The molecule has 1 aromatic carbocycles. The second-order valence-corrected chi connectivity index (χ2v) is 5.80. The first-order valence-corrected chi connectivity index (χ1v) is 8.32. The smallest absolute Gasteiger partial charge is 0.375 e. The maximum atomic E-state index is 12.2. The number of methoxy groups -OCH3 is 1. The lowest BCUT2D eigenvalue weighted by Crippen LogP contribution is -2.41. The topological polar surface area (TPSA) is 120 Å². The number of esters is 1. The number of fused-ring (bicyclic) bond motifs is 1. The number of ether oxygens (including phenoxy) is 2. The molecule has 0 saturated carbocycles. The van der Waals surface area contributed by atoms with Gasteiger partial charge >= 0.3 is 12.0 Å². The van der Waals surface area contributed by atoms with Gasteiger partial charge in [-0.2, -0.15) is 0 Å². The third-order valence-corrected chi connectivity index (χ3v) is 3.92. The highest BCUT2D eigenvalue weighted by Gasteiger charge is 2.21. The Morgan fingerprint density at radius 3 is 2.71 bits per heavy atom. The van der Waals surface area contributed by atoms with E-state index in [9.17, 15) is 14.4 Å². The molecular formula is C19H18N2O7. The van der Waals surface area contributed by atoms with Crippen LogP contribution in [0.3, 0.4) is 0 Å². The van der Waals surface area contributed by atoms with Crippen LogP contribution in [0.5, 0.6) is 5.75 Å². The van der Waals surface area contributed by atoms with Gasteiger partial charge in [0.25, 0.3) is 5.91 Å². The van der Waals surface area contributed by atoms with E-state index < -0.39 is 24.5 Å². The Morgan fingerprint density at radius 2 is 2.00 bits per heavy atom. The zero-order valence-corrected chi connectivity index (χ0v) is 15.2. The maximum Gasteiger partial charge on any atom is 0.375 e. The van der Waals surface area contributed by atoms with Crippen molar-refractivity contribution >= 4 is 28.9 Å². The monoisotopic (exact) mass is 386 g/mol. The number of aryl methyl sites for hydroxylation is 1. The zero-order valence-electron chi connectivity index (χ0n) is 15.2. The lowest BCUT2D eigenvalue weighted by atomic mass is 10.1. The highest BCUT2D eigenvalue weighted by Crippen LogP contribution is 2.29. The van der Waals surface area contributed by atoms with Crippen LogP contribution < -0.4 is 15.4 Å². The van der Waals surface area contributed by atoms with Gasteiger partial charge in [-0.15, -0.1) is 0 Å². The molecule has 9 nitrogen and oxygen atoms in total. The normalized spacial score (nSPS) is 10.5. The van der Waals surface area contributed by atoms with Crippen LogP contribution in [0.15, 0.2) is 45.4 Å². The zero-order chi connectivity index (χ0) is 20.1. The summed E-state index contributed by atoms with van der Waals surface area (Å²) in [5.74, 6) is -0.444. The number of imide groups is 1. The van der Waals surface area contributed by atoms with E-state index in [1.54, 1.807) is 37.3 Å². The highest BCUT2D eigenvalue weighted by atomic mass is 16.5. The highest BCUT2D eigenvalue weighted by molar-refractivity contribution is 5.99. The second-order valence-electron chi connectivity index (χ2n) is 5.80. The molecule has 0 saturated heterocycles. The molecule has 0 aliphatic rings. The summed E-state index contributed by atoms with van der Waals surface area (Å²) in [7, 11) is 1.54. The van der Waals surface area contributed by atoms with E-state index in [-0.39, 0.29) is 12.3 Å². The van der Waals surface area contributed by atoms with E-state index in [2.05, 4.69) is 10.6 Å². The van der Waals surface area contributed by atoms with Crippen molar-refractivity contribution in [1.82, 2.24) is 10.6 Å². The number of amides is 3. The Morgan fingerprint density at radius 1 is 1.18 bits per heavy atom. The largest absolute Gasteiger partial charge is 0.497 e. The van der Waals surface area contributed by atoms with Crippen molar-refractivity contribution in [3.63, 3.8) is 0 Å². The molecule has 3 aromatic rings. The molecule has 0 radical (unpaired) electrons. The molecule has 0 aliphatic carbocycles. The summed E-state index contributed by atoms with van der Waals surface area (Å²) in [6.07, 6.45) is 1.47. The third-order valence-electron chi connectivity index (χ3n) is 3.92. The Balaban J connectivity index is 1.53. The fourth-order valence-electron chi connectivity index (χ4n) is 2.51. The Labute approximate surface area is 159 Å². The summed E-state index contributed by atoms with van der Waals surface area (Å²) in [4.78, 5) is 35.6. The van der Waals surface area contributed by atoms with Crippen molar-refractivity contribution in [2.45, 2.75) is 13.5 Å². The van der Waals surface area contributed by atoms with Crippen LogP contribution in [0.2, 0.25) is 0 Å². The van der Waals surface area contributed by atoms with Gasteiger partial charge in [-0.1, -0.05) is 0 Å². The summed E-state index contributed by atoms with van der Waals surface area (Å²) >= 11 is 0. The summed E-state index contributed by atoms with van der Waals surface area (Å²) in [5.41, 5.74) is 1.06. The van der Waals surface area contributed by atoms with Gasteiger partial charge in [0.15, 0.2) is 6.61 Å². The molecule has 2 heterocycles. The van der Waals surface area contributed by atoms with E-state index in [4.69, 9.17) is 18.3 Å². The quantitative estimate of drug-likeness (QED) is 0.625. The SMILES string of the molecule is COc1ccc2oc(C(=O)OCC(=O)NC(=O)NCc3ccco3)c(C)c2c1. The van der Waals surface area contributed by atoms with Crippen LogP contribution in [0.25, 0.3) is 11.0 Å². The van der Waals surface area contributed by atoms with Gasteiger partial charge in [0.2, 0.25) is 5.76 Å². The predicted octanol–water partition coefficient (Wildman–Crippen LogP) is 2.53. The molecule has 0 spiro atoms. The van der Waals surface area contributed by atoms with Crippen LogP contribution in [0, 0.1) is 6.92 Å². The summed E-state index contributed by atoms with van der Waals surface area (Å²) in [6.45, 7) is 1.18. The fourth-order valence-corrected chi connectivity index (χ4v) is 2.51. The lowest BCUT2D eigenvalue weighted by Gasteiger charge is -2.06. The number of carbonyl (C=O) groups excluding carboxylic acids is 3. The molecule has 9 heteroatoms. The maximum absolute atomic E-state index is 12.2. The van der Waals surface area contributed by atoms with Crippen LogP contribution in [0.1, 0.15) is 21.9 Å². The number of hydrogen-bond acceptors (Lipinski definition) is 7. The molecule has 2 aromatic heterocycles. The van der Waals surface area contributed by atoms with Crippen LogP contribution >= 0.6 is 0 Å². The molecule has 3 rings (SSSR count). The molecule has 0 atom stereocenters. The number of benzene rings is 1. The van der Waals surface area contributed by atoms with Gasteiger partial charge < -0.3 is 23.6 Å². The van der Waals surface area contributed by atoms with Crippen LogP contribution in [-0.4, -0.2) is 31.6 Å². The van der Waals surface area contributed by atoms with Crippen LogP contribution in [0.4, 0.5) is 4.79 Å². The number of urea groups is 1. The Bertz CT molecular complexity index is 1000. The summed E-state index contributed by atoms with van der Waals surface area (Å²) in [5, 5.41) is 5.19. The first kappa shape index (κ1) is 19.0. The Kier molecular flexibility index (Phi) is 5.64. The predicted molar refractivity (Wildman–Crippen MR) is 96.9 cm³/mol. The average molecular weight is 386 g/mol. The molecule has 28 heavy (non-hydrogen) atoms. The number of rotatable bonds is 6. The molecule has 146 valence electrons. The number of furan rings is 2. The van der Waals surface area contributed by atoms with Crippen LogP contribution in [-0.2, 0) is 16.1 Å². The van der Waals surface area contributed by atoms with E-state index in [1.165, 1.54) is 13.4 Å². The minimum atomic E-state index is -0.807. The lowest BCUT2D eigenvalue weighted by molar-refractivity contribution is -0.123. The van der Waals surface area contributed by atoms with Gasteiger partial charge in [-0.3, -0.25) is 10.1 Å². The van der Waals surface area contributed by atoms with Gasteiger partial charge in [-0.25, -0.2) is 9.59 Å². The van der Waals surface area contributed by atoms with Gasteiger partial charge in [-0.05, 0) is 37.3 Å². The minimum absolute atomic E-state index is 0.0154. The minimum Gasteiger partial charge on any atom is -0.497 e. The van der Waals surface area contributed by atoms with Gasteiger partial charge in [0, 0.05) is 10.9 Å². The number of hydrogen-bond donors (Lipinski definition) is 2. The molecular weight excluding hydrogens is 368 g/mol. The van der Waals surface area contributed by atoms with E-state index in [0.717, 1.165) is 0 Å². The van der Waals surface area contributed by atoms with Crippen molar-refractivity contribution in [1.29, 1.82) is 0 Å². The van der Waals surface area contributed by atoms with E-state index >= 15 is 0 Å². The summed E-state index contributed by atoms with van der Waals surface area (Å²) < 4.78 is 20.6. The summed E-state index contributed by atoms with van der Waals surface area (Å²) in [6, 6.07) is 7.74. The fraction of sp³-hybridized carbons (Fsp3) is 0.211. The van der Waals surface area contributed by atoms with E-state index in [0.29, 0.717) is 28.0 Å². The molecule has 0 aliphatic heterocycles. The first-order valence-electron chi connectivity index (χ1n) is 8.32. The van der Waals surface area contributed by atoms with Gasteiger partial charge in [0.1, 0.15) is 17.1 Å².